The summed E-state index contributed by atoms with van der Waals surface area (Å²) in [5, 5.41) is 11.4. The third-order valence-corrected chi connectivity index (χ3v) is 3.66. The maximum atomic E-state index is 12.0. The van der Waals surface area contributed by atoms with Gasteiger partial charge in [0.2, 0.25) is 0 Å². The smallest absolute Gasteiger partial charge is 0.303 e. The zero-order valence-electron chi connectivity index (χ0n) is 10.9. The van der Waals surface area contributed by atoms with Crippen LogP contribution in [0.5, 0.6) is 0 Å². The number of aryl methyl sites for hydroxylation is 2. The molecule has 0 saturated heterocycles. The van der Waals surface area contributed by atoms with E-state index in [-0.39, 0.29) is 18.4 Å². The van der Waals surface area contributed by atoms with Crippen LogP contribution in [-0.4, -0.2) is 23.0 Å². The molecule has 1 unspecified atom stereocenters. The summed E-state index contributed by atoms with van der Waals surface area (Å²) in [6.07, 6.45) is 1.41. The highest BCUT2D eigenvalue weighted by Crippen LogP contribution is 2.20. The molecule has 5 heteroatoms. The summed E-state index contributed by atoms with van der Waals surface area (Å²) >= 11 is 1.61. The minimum absolute atomic E-state index is 0.00328. The van der Waals surface area contributed by atoms with Crippen molar-refractivity contribution in [1.29, 1.82) is 0 Å². The largest absolute Gasteiger partial charge is 0.481 e. The van der Waals surface area contributed by atoms with E-state index in [4.69, 9.17) is 5.11 Å². The van der Waals surface area contributed by atoms with E-state index in [1.807, 2.05) is 26.8 Å². The van der Waals surface area contributed by atoms with Crippen LogP contribution in [0.1, 0.15) is 46.3 Å². The Balaban J connectivity index is 2.44. The van der Waals surface area contributed by atoms with Crippen molar-refractivity contribution in [3.63, 3.8) is 0 Å². The third kappa shape index (κ3) is 4.49. The molecule has 100 valence electrons. The van der Waals surface area contributed by atoms with Crippen LogP contribution in [0, 0.1) is 13.8 Å². The van der Waals surface area contributed by atoms with E-state index in [2.05, 4.69) is 5.32 Å². The predicted molar refractivity (Wildman–Crippen MR) is 72.2 cm³/mol. The summed E-state index contributed by atoms with van der Waals surface area (Å²) in [6, 6.07) is 1.88. The average Bonchev–Trinajstić information content (AvgIpc) is 2.57. The van der Waals surface area contributed by atoms with Gasteiger partial charge in [-0.15, -0.1) is 11.3 Å². The number of carboxylic acids is 1. The lowest BCUT2D eigenvalue weighted by Gasteiger charge is -2.13. The number of aliphatic carboxylic acids is 1. The number of hydrogen-bond acceptors (Lipinski definition) is 3. The van der Waals surface area contributed by atoms with Crippen molar-refractivity contribution in [2.24, 2.45) is 0 Å². The first kappa shape index (κ1) is 14.7. The molecule has 1 rings (SSSR count). The Labute approximate surface area is 111 Å². The molecule has 18 heavy (non-hydrogen) atoms. The molecule has 0 spiro atoms. The van der Waals surface area contributed by atoms with Crippen molar-refractivity contribution in [3.8, 4) is 0 Å². The first-order valence-electron chi connectivity index (χ1n) is 6.00. The van der Waals surface area contributed by atoms with Crippen molar-refractivity contribution in [2.45, 2.75) is 46.1 Å². The van der Waals surface area contributed by atoms with E-state index in [0.717, 1.165) is 15.3 Å². The van der Waals surface area contributed by atoms with Gasteiger partial charge in [-0.2, -0.15) is 0 Å². The SMILES string of the molecule is Cc1cc(C(=O)NC(C)CCCC(=O)O)c(C)s1. The molecular weight excluding hydrogens is 250 g/mol. The molecule has 0 aliphatic carbocycles. The van der Waals surface area contributed by atoms with Crippen molar-refractivity contribution < 1.29 is 14.7 Å². The summed E-state index contributed by atoms with van der Waals surface area (Å²) in [6.45, 7) is 5.81. The monoisotopic (exact) mass is 269 g/mol. The van der Waals surface area contributed by atoms with E-state index >= 15 is 0 Å². The number of hydrogen-bond donors (Lipinski definition) is 2. The summed E-state index contributed by atoms with van der Waals surface area (Å²) in [7, 11) is 0. The minimum Gasteiger partial charge on any atom is -0.481 e. The minimum atomic E-state index is -0.794. The van der Waals surface area contributed by atoms with Crippen LogP contribution in [0.25, 0.3) is 0 Å². The lowest BCUT2D eigenvalue weighted by Crippen LogP contribution is -2.32. The van der Waals surface area contributed by atoms with Crippen LogP contribution >= 0.6 is 11.3 Å². The van der Waals surface area contributed by atoms with Crippen LogP contribution in [0.15, 0.2) is 6.07 Å². The highest BCUT2D eigenvalue weighted by atomic mass is 32.1. The number of thiophene rings is 1. The molecular formula is C13H19NO3S. The molecule has 0 radical (unpaired) electrons. The summed E-state index contributed by atoms with van der Waals surface area (Å²) in [5.41, 5.74) is 0.725. The zero-order chi connectivity index (χ0) is 13.7. The second-order valence-electron chi connectivity index (χ2n) is 4.49. The molecule has 1 atom stereocenters. The number of nitrogens with one attached hydrogen (secondary N) is 1. The van der Waals surface area contributed by atoms with Crippen molar-refractivity contribution in [1.82, 2.24) is 5.32 Å². The van der Waals surface area contributed by atoms with Crippen molar-refractivity contribution in [3.05, 3.63) is 21.4 Å². The van der Waals surface area contributed by atoms with Gasteiger partial charge in [0, 0.05) is 22.2 Å². The van der Waals surface area contributed by atoms with Crippen LogP contribution in [0.4, 0.5) is 0 Å². The van der Waals surface area contributed by atoms with Gasteiger partial charge in [-0.1, -0.05) is 0 Å². The van der Waals surface area contributed by atoms with Crippen LogP contribution in [0.3, 0.4) is 0 Å². The molecule has 0 aliphatic heterocycles. The highest BCUT2D eigenvalue weighted by molar-refractivity contribution is 7.12. The maximum absolute atomic E-state index is 12.0. The number of carbonyl (C=O) groups excluding carboxylic acids is 1. The second-order valence-corrected chi connectivity index (χ2v) is 5.95. The Kier molecular flexibility index (Phi) is 5.34. The molecule has 0 aromatic carbocycles. The van der Waals surface area contributed by atoms with Gasteiger partial charge in [-0.05, 0) is 39.7 Å². The van der Waals surface area contributed by atoms with Gasteiger partial charge in [-0.3, -0.25) is 9.59 Å². The highest BCUT2D eigenvalue weighted by Gasteiger charge is 2.14. The number of amides is 1. The predicted octanol–water partition coefficient (Wildman–Crippen LogP) is 2.74. The average molecular weight is 269 g/mol. The third-order valence-electron chi connectivity index (χ3n) is 2.69. The van der Waals surface area contributed by atoms with Crippen LogP contribution < -0.4 is 5.32 Å². The first-order valence-corrected chi connectivity index (χ1v) is 6.81. The number of carbonyl (C=O) groups is 2. The Morgan fingerprint density at radius 3 is 2.61 bits per heavy atom. The Morgan fingerprint density at radius 1 is 1.44 bits per heavy atom. The fraction of sp³-hybridized carbons (Fsp3) is 0.538. The van der Waals surface area contributed by atoms with E-state index in [9.17, 15) is 9.59 Å². The summed E-state index contributed by atoms with van der Waals surface area (Å²) in [4.78, 5) is 24.5. The molecule has 1 aromatic rings. The van der Waals surface area contributed by atoms with Crippen molar-refractivity contribution in [2.75, 3.05) is 0 Å². The number of rotatable bonds is 6. The normalized spacial score (nSPS) is 12.2. The van der Waals surface area contributed by atoms with Gasteiger partial charge < -0.3 is 10.4 Å². The van der Waals surface area contributed by atoms with E-state index < -0.39 is 5.97 Å². The van der Waals surface area contributed by atoms with Crippen molar-refractivity contribution >= 4 is 23.2 Å². The van der Waals surface area contributed by atoms with Gasteiger partial charge in [0.25, 0.3) is 5.91 Å². The molecule has 0 bridgehead atoms. The molecule has 0 saturated carbocycles. The quantitative estimate of drug-likeness (QED) is 0.834. The van der Waals surface area contributed by atoms with Gasteiger partial charge in [0.05, 0.1) is 5.56 Å². The topological polar surface area (TPSA) is 66.4 Å². The lowest BCUT2D eigenvalue weighted by molar-refractivity contribution is -0.137. The van der Waals surface area contributed by atoms with Crippen LogP contribution in [0.2, 0.25) is 0 Å². The summed E-state index contributed by atoms with van der Waals surface area (Å²) < 4.78 is 0. The Morgan fingerprint density at radius 2 is 2.11 bits per heavy atom. The maximum Gasteiger partial charge on any atom is 0.303 e. The molecule has 1 aromatic heterocycles. The summed E-state index contributed by atoms with van der Waals surface area (Å²) in [5.74, 6) is -0.863. The standard InChI is InChI=1S/C13H19NO3S/c1-8(5-4-6-12(15)16)14-13(17)11-7-9(2)18-10(11)3/h7-8H,4-6H2,1-3H3,(H,14,17)(H,15,16). The fourth-order valence-corrected chi connectivity index (χ4v) is 2.71. The molecule has 0 aliphatic rings. The van der Waals surface area contributed by atoms with Gasteiger partial charge in [-0.25, -0.2) is 0 Å². The van der Waals surface area contributed by atoms with E-state index in [1.165, 1.54) is 0 Å². The molecule has 1 amide bonds. The molecule has 1 heterocycles. The zero-order valence-corrected chi connectivity index (χ0v) is 11.8. The van der Waals surface area contributed by atoms with E-state index in [0.29, 0.717) is 12.8 Å². The second kappa shape index (κ2) is 6.54. The fourth-order valence-electron chi connectivity index (χ4n) is 1.79. The number of carboxylic acid groups (broad SMARTS) is 1. The van der Waals surface area contributed by atoms with Crippen LogP contribution in [-0.2, 0) is 4.79 Å². The molecule has 2 N–H and O–H groups in total. The first-order chi connectivity index (χ1) is 8.40. The molecule has 4 nitrogen and oxygen atoms in total. The van der Waals surface area contributed by atoms with Gasteiger partial charge in [0.15, 0.2) is 0 Å². The van der Waals surface area contributed by atoms with Gasteiger partial charge >= 0.3 is 5.97 Å². The Bertz CT molecular complexity index is 439. The Hall–Kier alpha value is -1.36. The molecule has 0 fully saturated rings. The van der Waals surface area contributed by atoms with E-state index in [1.54, 1.807) is 11.3 Å². The lowest BCUT2D eigenvalue weighted by atomic mass is 10.1. The van der Waals surface area contributed by atoms with Gasteiger partial charge in [0.1, 0.15) is 0 Å².